The zero-order chi connectivity index (χ0) is 20.1. The van der Waals surface area contributed by atoms with Crippen molar-refractivity contribution >= 4 is 62.4 Å². The van der Waals surface area contributed by atoms with Crippen LogP contribution in [-0.2, 0) is 15.3 Å². The van der Waals surface area contributed by atoms with Gasteiger partial charge in [0.1, 0.15) is 0 Å². The van der Waals surface area contributed by atoms with Gasteiger partial charge in [0, 0.05) is 16.5 Å². The van der Waals surface area contributed by atoms with Crippen LogP contribution in [0.3, 0.4) is 0 Å². The van der Waals surface area contributed by atoms with E-state index in [0.29, 0.717) is 23.3 Å². The minimum absolute atomic E-state index is 0.310. The summed E-state index contributed by atoms with van der Waals surface area (Å²) in [6.45, 7) is 0.499. The maximum Gasteiger partial charge on any atom is 0.293 e. The zero-order valence-corrected chi connectivity index (χ0v) is 18.3. The minimum Gasteiger partial charge on any atom is -0.486 e. The lowest BCUT2D eigenvalue weighted by Gasteiger charge is -2.20. The van der Waals surface area contributed by atoms with Crippen molar-refractivity contribution in [2.75, 3.05) is 17.7 Å². The zero-order valence-electron chi connectivity index (χ0n) is 15.1. The van der Waals surface area contributed by atoms with Crippen LogP contribution in [0.25, 0.3) is 4.91 Å². The van der Waals surface area contributed by atoms with Crippen LogP contribution >= 0.6 is 46.5 Å². The van der Waals surface area contributed by atoms with Crippen LogP contribution in [0.15, 0.2) is 64.7 Å². The Balaban J connectivity index is 1.44. The summed E-state index contributed by atoms with van der Waals surface area (Å²) in [6.07, 6.45) is 0. The molecule has 0 fully saturated rings. The topological polar surface area (TPSA) is 64.1 Å². The lowest BCUT2D eigenvalue weighted by Crippen LogP contribution is -2.21. The molecule has 5 nitrogen and oxygen atoms in total. The fourth-order valence-electron chi connectivity index (χ4n) is 2.62. The quantitative estimate of drug-likeness (QED) is 0.383. The fourth-order valence-corrected chi connectivity index (χ4v) is 5.61. The molecule has 0 unspecified atom stereocenters. The monoisotopic (exact) mass is 461 g/mol. The highest BCUT2D eigenvalue weighted by molar-refractivity contribution is 8.08. The van der Waals surface area contributed by atoms with Gasteiger partial charge in [0.05, 0.1) is 11.5 Å². The second-order valence-electron chi connectivity index (χ2n) is 5.93. The van der Waals surface area contributed by atoms with E-state index in [1.165, 1.54) is 23.1 Å². The standard InChI is InChI=1S/C20H16ClN3O2S3/c21-15-9-5-4-8-14(15)12-28-20-24-23-19(29-20)22-18(25)16-17(27-11-10-26-16)13-6-2-1-3-7-13/h1-9H,10-12H2,(H,22,23,25). The number of thioether (sulfide) groups is 2. The van der Waals surface area contributed by atoms with E-state index in [1.54, 1.807) is 11.8 Å². The Bertz CT molecular complexity index is 1040. The Hall–Kier alpha value is -2.00. The van der Waals surface area contributed by atoms with E-state index in [9.17, 15) is 4.79 Å². The molecule has 0 spiro atoms. The van der Waals surface area contributed by atoms with Crippen LogP contribution in [0.5, 0.6) is 0 Å². The number of halogens is 1. The summed E-state index contributed by atoms with van der Waals surface area (Å²) in [7, 11) is 0. The summed E-state index contributed by atoms with van der Waals surface area (Å²) in [5.41, 5.74) is 2.00. The van der Waals surface area contributed by atoms with Crippen molar-refractivity contribution in [1.82, 2.24) is 10.2 Å². The van der Waals surface area contributed by atoms with Gasteiger partial charge >= 0.3 is 0 Å². The summed E-state index contributed by atoms with van der Waals surface area (Å²) in [6, 6.07) is 17.5. The number of aromatic nitrogens is 2. The molecule has 0 bridgehead atoms. The van der Waals surface area contributed by atoms with Gasteiger partial charge in [0.2, 0.25) is 5.13 Å². The molecule has 148 valence electrons. The molecule has 1 aliphatic heterocycles. The van der Waals surface area contributed by atoms with Crippen LogP contribution < -0.4 is 5.32 Å². The molecule has 0 saturated carbocycles. The number of rotatable bonds is 6. The summed E-state index contributed by atoms with van der Waals surface area (Å²) >= 11 is 10.7. The maximum atomic E-state index is 12.8. The maximum absolute atomic E-state index is 12.8. The third-order valence-electron chi connectivity index (χ3n) is 3.96. The number of carbonyl (C=O) groups excluding carboxylic acids is 1. The average molecular weight is 462 g/mol. The second kappa shape index (κ2) is 9.67. The van der Waals surface area contributed by atoms with Crippen LogP contribution in [-0.4, -0.2) is 28.5 Å². The molecule has 3 aromatic rings. The van der Waals surface area contributed by atoms with Crippen molar-refractivity contribution < 1.29 is 9.53 Å². The summed E-state index contributed by atoms with van der Waals surface area (Å²) < 4.78 is 6.45. The number of nitrogens with one attached hydrogen (secondary N) is 1. The van der Waals surface area contributed by atoms with Gasteiger partial charge in [-0.05, 0) is 17.2 Å². The fraction of sp³-hybridized carbons (Fsp3) is 0.150. The van der Waals surface area contributed by atoms with Gasteiger partial charge in [-0.25, -0.2) is 0 Å². The van der Waals surface area contributed by atoms with Crippen molar-refractivity contribution in [3.05, 3.63) is 76.5 Å². The highest BCUT2D eigenvalue weighted by atomic mass is 35.5. The molecule has 1 aromatic heterocycles. The number of hydrogen-bond donors (Lipinski definition) is 1. The predicted molar refractivity (Wildman–Crippen MR) is 121 cm³/mol. The summed E-state index contributed by atoms with van der Waals surface area (Å²) in [4.78, 5) is 13.6. The van der Waals surface area contributed by atoms with E-state index in [-0.39, 0.29) is 5.91 Å². The Morgan fingerprint density at radius 1 is 1.14 bits per heavy atom. The van der Waals surface area contributed by atoms with E-state index in [1.807, 2.05) is 54.6 Å². The summed E-state index contributed by atoms with van der Waals surface area (Å²) in [5, 5.41) is 12.2. The molecule has 1 N–H and O–H groups in total. The van der Waals surface area contributed by atoms with Crippen LogP contribution in [0.2, 0.25) is 5.02 Å². The van der Waals surface area contributed by atoms with Crippen LogP contribution in [0.4, 0.5) is 5.13 Å². The third-order valence-corrected chi connectivity index (χ3v) is 7.43. The van der Waals surface area contributed by atoms with Crippen molar-refractivity contribution in [3.8, 4) is 0 Å². The molecular weight excluding hydrogens is 446 g/mol. The first kappa shape index (κ1) is 20.3. The first-order valence-electron chi connectivity index (χ1n) is 8.77. The molecule has 2 aromatic carbocycles. The highest BCUT2D eigenvalue weighted by Gasteiger charge is 2.24. The normalized spacial score (nSPS) is 13.8. The lowest BCUT2D eigenvalue weighted by atomic mass is 10.2. The minimum atomic E-state index is -0.310. The van der Waals surface area contributed by atoms with Gasteiger partial charge in [-0.2, -0.15) is 0 Å². The number of amides is 1. The predicted octanol–water partition coefficient (Wildman–Crippen LogP) is 5.55. The van der Waals surface area contributed by atoms with E-state index in [0.717, 1.165) is 31.1 Å². The summed E-state index contributed by atoms with van der Waals surface area (Å²) in [5.74, 6) is 1.51. The molecule has 2 heterocycles. The molecule has 4 rings (SSSR count). The van der Waals surface area contributed by atoms with Gasteiger partial charge in [-0.15, -0.1) is 22.0 Å². The van der Waals surface area contributed by atoms with Crippen LogP contribution in [0.1, 0.15) is 11.1 Å². The van der Waals surface area contributed by atoms with Crippen molar-refractivity contribution in [1.29, 1.82) is 0 Å². The number of carbonyl (C=O) groups is 1. The molecule has 0 aliphatic carbocycles. The second-order valence-corrected chi connectivity index (χ2v) is 9.64. The van der Waals surface area contributed by atoms with Gasteiger partial charge < -0.3 is 4.74 Å². The van der Waals surface area contributed by atoms with E-state index in [2.05, 4.69) is 15.5 Å². The molecular formula is C20H16ClN3O2S3. The average Bonchev–Trinajstić information content (AvgIpc) is 3.21. The molecule has 0 saturated heterocycles. The highest BCUT2D eigenvalue weighted by Crippen LogP contribution is 2.36. The number of hydrogen-bond acceptors (Lipinski definition) is 7. The van der Waals surface area contributed by atoms with Gasteiger partial charge in [-0.1, -0.05) is 83.2 Å². The third kappa shape index (κ3) is 5.14. The van der Waals surface area contributed by atoms with Crippen molar-refractivity contribution in [2.45, 2.75) is 10.1 Å². The molecule has 9 heteroatoms. The van der Waals surface area contributed by atoms with Crippen LogP contribution in [0, 0.1) is 0 Å². The van der Waals surface area contributed by atoms with Crippen molar-refractivity contribution in [2.24, 2.45) is 0 Å². The Labute approximate surface area is 185 Å². The SMILES string of the molecule is O=C(Nc1nnc(SCc2ccccc2Cl)s1)C1=C(c2ccccc2)SCCO1. The number of benzene rings is 2. The van der Waals surface area contributed by atoms with E-state index in [4.69, 9.17) is 16.3 Å². The van der Waals surface area contributed by atoms with Gasteiger partial charge in [0.25, 0.3) is 5.91 Å². The Morgan fingerprint density at radius 3 is 2.76 bits per heavy atom. The number of ether oxygens (including phenoxy) is 1. The largest absolute Gasteiger partial charge is 0.486 e. The van der Waals surface area contributed by atoms with E-state index < -0.39 is 0 Å². The Kier molecular flexibility index (Phi) is 6.76. The lowest BCUT2D eigenvalue weighted by molar-refractivity contribution is -0.115. The molecule has 1 aliphatic rings. The Morgan fingerprint density at radius 2 is 1.93 bits per heavy atom. The smallest absolute Gasteiger partial charge is 0.293 e. The number of nitrogens with zero attached hydrogens (tertiary/aromatic N) is 2. The van der Waals surface area contributed by atoms with Crippen molar-refractivity contribution in [3.63, 3.8) is 0 Å². The molecule has 0 radical (unpaired) electrons. The number of anilines is 1. The van der Waals surface area contributed by atoms with Gasteiger partial charge in [-0.3, -0.25) is 10.1 Å². The molecule has 29 heavy (non-hydrogen) atoms. The van der Waals surface area contributed by atoms with Gasteiger partial charge in [0.15, 0.2) is 10.1 Å². The van der Waals surface area contributed by atoms with E-state index >= 15 is 0 Å². The molecule has 1 amide bonds. The molecule has 0 atom stereocenters. The first-order valence-corrected chi connectivity index (χ1v) is 11.9. The first-order chi connectivity index (χ1) is 14.2.